The van der Waals surface area contributed by atoms with Gasteiger partial charge < -0.3 is 14.4 Å². The van der Waals surface area contributed by atoms with Gasteiger partial charge in [-0.05, 0) is 32.4 Å². The molecule has 98 valence electrons. The fourth-order valence-corrected chi connectivity index (χ4v) is 1.67. The number of rotatable bonds is 4. The van der Waals surface area contributed by atoms with Gasteiger partial charge in [0.1, 0.15) is 17.0 Å². The van der Waals surface area contributed by atoms with E-state index in [4.69, 9.17) is 9.47 Å². The number of nitriles is 1. The van der Waals surface area contributed by atoms with E-state index in [1.54, 1.807) is 14.2 Å². The van der Waals surface area contributed by atoms with Gasteiger partial charge in [0.25, 0.3) is 0 Å². The van der Waals surface area contributed by atoms with Crippen LogP contribution in [-0.2, 0) is 0 Å². The van der Waals surface area contributed by atoms with Crippen LogP contribution in [0.15, 0.2) is 12.1 Å². The highest BCUT2D eigenvalue weighted by Crippen LogP contribution is 2.37. The number of aryl methyl sites for hydroxylation is 1. The van der Waals surface area contributed by atoms with Gasteiger partial charge >= 0.3 is 0 Å². The van der Waals surface area contributed by atoms with Crippen molar-refractivity contribution in [1.82, 2.24) is 0 Å². The first-order valence-electron chi connectivity index (χ1n) is 5.75. The lowest BCUT2D eigenvalue weighted by Crippen LogP contribution is -2.39. The van der Waals surface area contributed by atoms with Crippen molar-refractivity contribution in [3.63, 3.8) is 0 Å². The van der Waals surface area contributed by atoms with Gasteiger partial charge in [-0.1, -0.05) is 0 Å². The summed E-state index contributed by atoms with van der Waals surface area (Å²) in [7, 11) is 5.13. The SMILES string of the molecule is COc1cc(N(C)C(C)(C)C#N)c(OC)cc1C. The second kappa shape index (κ2) is 5.18. The molecule has 0 saturated carbocycles. The number of benzene rings is 1. The van der Waals surface area contributed by atoms with Gasteiger partial charge in [-0.3, -0.25) is 0 Å². The van der Waals surface area contributed by atoms with Crippen LogP contribution in [0.4, 0.5) is 5.69 Å². The number of hydrogen-bond donors (Lipinski definition) is 0. The average molecular weight is 248 g/mol. The van der Waals surface area contributed by atoms with Gasteiger partial charge in [-0.25, -0.2) is 0 Å². The Labute approximate surface area is 109 Å². The monoisotopic (exact) mass is 248 g/mol. The van der Waals surface area contributed by atoms with Gasteiger partial charge in [-0.15, -0.1) is 0 Å². The number of nitrogens with zero attached hydrogens (tertiary/aromatic N) is 2. The number of anilines is 1. The molecular formula is C14H20N2O2. The molecule has 0 heterocycles. The summed E-state index contributed by atoms with van der Waals surface area (Å²) in [4.78, 5) is 1.88. The minimum absolute atomic E-state index is 0.618. The lowest BCUT2D eigenvalue weighted by atomic mass is 10.0. The topological polar surface area (TPSA) is 45.5 Å². The zero-order chi connectivity index (χ0) is 13.9. The second-order valence-corrected chi connectivity index (χ2v) is 4.72. The Balaban J connectivity index is 3.35. The Morgan fingerprint density at radius 1 is 1.17 bits per heavy atom. The van der Waals surface area contributed by atoms with E-state index < -0.39 is 5.54 Å². The van der Waals surface area contributed by atoms with Crippen molar-refractivity contribution >= 4 is 5.69 Å². The van der Waals surface area contributed by atoms with Crippen LogP contribution in [0.5, 0.6) is 11.5 Å². The molecule has 4 heteroatoms. The molecule has 1 rings (SSSR count). The predicted molar refractivity (Wildman–Crippen MR) is 72.4 cm³/mol. The molecule has 0 aliphatic rings. The summed E-state index contributed by atoms with van der Waals surface area (Å²) in [5.74, 6) is 1.52. The highest BCUT2D eigenvalue weighted by molar-refractivity contribution is 5.65. The molecule has 0 atom stereocenters. The van der Waals surface area contributed by atoms with E-state index >= 15 is 0 Å². The van der Waals surface area contributed by atoms with E-state index in [2.05, 4.69) is 6.07 Å². The fraction of sp³-hybridized carbons (Fsp3) is 0.500. The minimum Gasteiger partial charge on any atom is -0.496 e. The van der Waals surface area contributed by atoms with E-state index in [-0.39, 0.29) is 0 Å². The zero-order valence-corrected chi connectivity index (χ0v) is 11.9. The molecule has 0 aliphatic heterocycles. The molecular weight excluding hydrogens is 228 g/mol. The van der Waals surface area contributed by atoms with Crippen molar-refractivity contribution in [2.75, 3.05) is 26.2 Å². The van der Waals surface area contributed by atoms with Gasteiger partial charge in [-0.2, -0.15) is 5.26 Å². The van der Waals surface area contributed by atoms with E-state index in [0.29, 0.717) is 0 Å². The Morgan fingerprint density at radius 2 is 1.72 bits per heavy atom. The molecule has 0 aromatic heterocycles. The fourth-order valence-electron chi connectivity index (χ4n) is 1.67. The predicted octanol–water partition coefficient (Wildman–Crippen LogP) is 2.75. The number of ether oxygens (including phenoxy) is 2. The molecule has 0 fully saturated rings. The summed E-state index contributed by atoms with van der Waals surface area (Å²) < 4.78 is 10.7. The number of methoxy groups -OCH3 is 2. The summed E-state index contributed by atoms with van der Waals surface area (Å²) in [5, 5.41) is 9.21. The third-order valence-corrected chi connectivity index (χ3v) is 3.17. The van der Waals surface area contributed by atoms with E-state index in [0.717, 1.165) is 22.7 Å². The van der Waals surface area contributed by atoms with Crippen molar-refractivity contribution < 1.29 is 9.47 Å². The summed E-state index contributed by atoms with van der Waals surface area (Å²) in [6.45, 7) is 5.68. The van der Waals surface area contributed by atoms with E-state index in [9.17, 15) is 5.26 Å². The van der Waals surface area contributed by atoms with Gasteiger partial charge in [0.15, 0.2) is 0 Å². The normalized spacial score (nSPS) is 10.7. The second-order valence-electron chi connectivity index (χ2n) is 4.72. The first-order chi connectivity index (χ1) is 8.37. The Morgan fingerprint density at radius 3 is 2.17 bits per heavy atom. The van der Waals surface area contributed by atoms with Crippen molar-refractivity contribution in [1.29, 1.82) is 5.26 Å². The molecule has 0 amide bonds. The molecule has 18 heavy (non-hydrogen) atoms. The summed E-state index contributed by atoms with van der Waals surface area (Å²) in [5.41, 5.74) is 1.22. The van der Waals surface area contributed by atoms with Gasteiger partial charge in [0.2, 0.25) is 0 Å². The largest absolute Gasteiger partial charge is 0.496 e. The van der Waals surface area contributed by atoms with Crippen molar-refractivity contribution in [3.05, 3.63) is 17.7 Å². The Kier molecular flexibility index (Phi) is 4.07. The summed E-state index contributed by atoms with van der Waals surface area (Å²) in [6, 6.07) is 6.08. The van der Waals surface area contributed by atoms with Crippen LogP contribution >= 0.6 is 0 Å². The van der Waals surface area contributed by atoms with Crippen LogP contribution in [0.1, 0.15) is 19.4 Å². The van der Waals surface area contributed by atoms with Crippen LogP contribution < -0.4 is 14.4 Å². The molecule has 0 N–H and O–H groups in total. The first-order valence-corrected chi connectivity index (χ1v) is 5.75. The molecule has 0 radical (unpaired) electrons. The first kappa shape index (κ1) is 14.2. The summed E-state index contributed by atoms with van der Waals surface area (Å²) >= 11 is 0. The quantitative estimate of drug-likeness (QED) is 0.822. The molecule has 4 nitrogen and oxygen atoms in total. The van der Waals surface area contributed by atoms with Crippen LogP contribution in [0.25, 0.3) is 0 Å². The standard InChI is InChI=1S/C14H20N2O2/c1-10-7-13(18-6)11(8-12(10)17-5)16(4)14(2,3)9-15/h7-8H,1-6H3. The summed E-state index contributed by atoms with van der Waals surface area (Å²) in [6.07, 6.45) is 0. The van der Waals surface area contributed by atoms with Crippen molar-refractivity contribution in [3.8, 4) is 17.6 Å². The third-order valence-electron chi connectivity index (χ3n) is 3.17. The van der Waals surface area contributed by atoms with Crippen LogP contribution in [0.3, 0.4) is 0 Å². The molecule has 0 saturated heterocycles. The molecule has 0 bridgehead atoms. The van der Waals surface area contributed by atoms with Gasteiger partial charge in [0.05, 0.1) is 26.0 Å². The lowest BCUT2D eigenvalue weighted by molar-refractivity contribution is 0.399. The molecule has 1 aromatic carbocycles. The van der Waals surface area contributed by atoms with E-state index in [1.807, 2.05) is 44.9 Å². The Bertz CT molecular complexity index is 475. The van der Waals surface area contributed by atoms with Crippen LogP contribution in [-0.4, -0.2) is 26.8 Å². The highest BCUT2D eigenvalue weighted by Gasteiger charge is 2.26. The average Bonchev–Trinajstić information content (AvgIpc) is 2.37. The number of hydrogen-bond acceptors (Lipinski definition) is 4. The van der Waals surface area contributed by atoms with Crippen molar-refractivity contribution in [2.24, 2.45) is 0 Å². The van der Waals surface area contributed by atoms with E-state index in [1.165, 1.54) is 0 Å². The van der Waals surface area contributed by atoms with Crippen molar-refractivity contribution in [2.45, 2.75) is 26.3 Å². The molecule has 0 spiro atoms. The van der Waals surface area contributed by atoms with Crippen LogP contribution in [0, 0.1) is 18.3 Å². The minimum atomic E-state index is -0.618. The molecule has 0 unspecified atom stereocenters. The smallest absolute Gasteiger partial charge is 0.142 e. The van der Waals surface area contributed by atoms with Crippen LogP contribution in [0.2, 0.25) is 0 Å². The maximum Gasteiger partial charge on any atom is 0.142 e. The third kappa shape index (κ3) is 2.51. The zero-order valence-electron chi connectivity index (χ0n) is 11.9. The molecule has 0 aliphatic carbocycles. The maximum atomic E-state index is 9.21. The maximum absolute atomic E-state index is 9.21. The highest BCUT2D eigenvalue weighted by atomic mass is 16.5. The van der Waals surface area contributed by atoms with Gasteiger partial charge in [0, 0.05) is 13.1 Å². The molecule has 1 aromatic rings. The lowest BCUT2D eigenvalue weighted by Gasteiger charge is -2.32. The Hall–Kier alpha value is -1.89.